The summed E-state index contributed by atoms with van der Waals surface area (Å²) in [7, 11) is 0. The Bertz CT molecular complexity index is 3080. The van der Waals surface area contributed by atoms with Crippen molar-refractivity contribution in [1.29, 1.82) is 0 Å². The van der Waals surface area contributed by atoms with Gasteiger partial charge >= 0.3 is 0 Å². The first-order valence-electron chi connectivity index (χ1n) is 36.5. The van der Waals surface area contributed by atoms with Crippen molar-refractivity contribution in [3.63, 3.8) is 0 Å². The molecule has 0 unspecified atom stereocenters. The standard InChI is InChI=1S/C64H107N5O45/c1-15-34(81)44(91)46(93)61(100-15)99-14-28-53(41(88)29(56(97)101-28)65-16(2)76)111-59-32(68-19(5)79)43(90)51(25(11-74)105-59)112-63-49(96)54(38(85)27(108-63)13-98-62-47(94)45(92)37(84)23(9-72)104-62)113-64-55(48(95)52(26(12-75)107-64)110-58-31(67-18(4)78)40(87)36(83)22(8-71)103-58)114-60-33(69-20(6)80)42(89)50(24(10-73)106-60)109-57-30(66-17(3)77)39(86)35(82)21(7-70)102-57/h15,21-64,70-75,81-97H,7-14H2,1-6H3,(H,65,76)(H,66,77)(H,67,78)(H,68,79)(H,69,80)/t15-,21+,22+,23+,24+,25+,26+,27+,28+,29+,30+,31+,32+,33+,34+,35-,36+,37+,38+,39+,40+,41+,42+,43+,44+,45-,46-,47-,48-,49-,50+,51+,52+,53+,54-,55-,56+,57-,58-,59-,60-,61+,62-,63-,64+/m0/s1. The fourth-order valence-corrected chi connectivity index (χ4v) is 14.7. The van der Waals surface area contributed by atoms with Gasteiger partial charge in [0, 0.05) is 34.6 Å². The highest BCUT2D eigenvalue weighted by Gasteiger charge is 2.61. The summed E-state index contributed by atoms with van der Waals surface area (Å²) in [4.78, 5) is 63.9. The molecule has 0 aromatic carbocycles. The molecule has 658 valence electrons. The molecule has 9 aliphatic rings. The zero-order valence-electron chi connectivity index (χ0n) is 61.9. The molecule has 50 heteroatoms. The average Bonchev–Trinajstić information content (AvgIpc) is 0.761. The molecule has 0 aliphatic carbocycles. The lowest BCUT2D eigenvalue weighted by Crippen LogP contribution is -2.71. The number of rotatable bonds is 29. The first-order valence-corrected chi connectivity index (χ1v) is 36.5. The van der Waals surface area contributed by atoms with Crippen molar-refractivity contribution < 1.29 is 222 Å². The number of amides is 5. The van der Waals surface area contributed by atoms with Crippen LogP contribution in [0.1, 0.15) is 41.5 Å². The monoisotopic (exact) mass is 1670 g/mol. The van der Waals surface area contributed by atoms with Crippen LogP contribution in [0.2, 0.25) is 0 Å². The van der Waals surface area contributed by atoms with Gasteiger partial charge in [-0.05, 0) is 6.92 Å². The minimum atomic E-state index is -2.60. The summed E-state index contributed by atoms with van der Waals surface area (Å²) in [6, 6.07) is -9.26. The molecule has 28 N–H and O–H groups in total. The van der Waals surface area contributed by atoms with Gasteiger partial charge in [-0.1, -0.05) is 0 Å². The molecule has 5 amide bonds. The number of carbonyl (C=O) groups is 5. The Morgan fingerprint density at radius 1 is 0.246 bits per heavy atom. The Morgan fingerprint density at radius 3 is 0.947 bits per heavy atom. The maximum atomic E-state index is 13.2. The minimum Gasteiger partial charge on any atom is -0.394 e. The summed E-state index contributed by atoms with van der Waals surface area (Å²) in [5.74, 6) is -4.50. The highest BCUT2D eigenvalue weighted by Crippen LogP contribution is 2.40. The normalized spacial score (nSPS) is 48.2. The fraction of sp³-hybridized carbons (Fsp3) is 0.922. The van der Waals surface area contributed by atoms with Crippen LogP contribution < -0.4 is 26.6 Å². The third-order valence-electron chi connectivity index (χ3n) is 20.7. The number of ether oxygens (including phenoxy) is 17. The summed E-state index contributed by atoms with van der Waals surface area (Å²) in [5.41, 5.74) is 0. The van der Waals surface area contributed by atoms with Crippen molar-refractivity contribution in [1.82, 2.24) is 26.6 Å². The number of aliphatic hydroxyl groups excluding tert-OH is 23. The van der Waals surface area contributed by atoms with E-state index in [0.717, 1.165) is 34.6 Å². The van der Waals surface area contributed by atoms with Gasteiger partial charge in [-0.3, -0.25) is 24.0 Å². The van der Waals surface area contributed by atoms with E-state index >= 15 is 0 Å². The Hall–Kier alpha value is -4.25. The molecular formula is C64H107N5O45. The van der Waals surface area contributed by atoms with Crippen molar-refractivity contribution in [3.8, 4) is 0 Å². The maximum Gasteiger partial charge on any atom is 0.217 e. The van der Waals surface area contributed by atoms with E-state index in [1.165, 1.54) is 6.92 Å². The third kappa shape index (κ3) is 21.0. The topological polar surface area (TPSA) is 768 Å². The quantitative estimate of drug-likeness (QED) is 0.0331. The van der Waals surface area contributed by atoms with Crippen LogP contribution >= 0.6 is 0 Å². The largest absolute Gasteiger partial charge is 0.394 e. The molecule has 50 nitrogen and oxygen atoms in total. The van der Waals surface area contributed by atoms with Crippen molar-refractivity contribution in [3.05, 3.63) is 0 Å². The predicted molar refractivity (Wildman–Crippen MR) is 354 cm³/mol. The molecular weight excluding hydrogens is 1560 g/mol. The second kappa shape index (κ2) is 40.9. The van der Waals surface area contributed by atoms with E-state index in [0.29, 0.717) is 0 Å². The summed E-state index contributed by atoms with van der Waals surface area (Å²) < 4.78 is 102. The van der Waals surface area contributed by atoms with Crippen LogP contribution in [0, 0.1) is 0 Å². The van der Waals surface area contributed by atoms with E-state index < -0.39 is 358 Å². The van der Waals surface area contributed by atoms with Crippen molar-refractivity contribution in [2.75, 3.05) is 52.9 Å². The fourth-order valence-electron chi connectivity index (χ4n) is 14.7. The van der Waals surface area contributed by atoms with Gasteiger partial charge in [0.15, 0.2) is 56.6 Å². The second-order valence-corrected chi connectivity index (χ2v) is 28.9. The van der Waals surface area contributed by atoms with Crippen LogP contribution in [0.4, 0.5) is 0 Å². The lowest BCUT2D eigenvalue weighted by molar-refractivity contribution is -0.404. The second-order valence-electron chi connectivity index (χ2n) is 28.9. The number of hydrogen-bond acceptors (Lipinski definition) is 45. The van der Waals surface area contributed by atoms with E-state index in [4.69, 9.17) is 80.5 Å². The van der Waals surface area contributed by atoms with Gasteiger partial charge in [-0.25, -0.2) is 0 Å². The number of nitrogens with one attached hydrogen (secondary N) is 5. The number of hydrogen-bond donors (Lipinski definition) is 28. The highest BCUT2D eigenvalue weighted by molar-refractivity contribution is 5.75. The molecule has 9 aliphatic heterocycles. The smallest absolute Gasteiger partial charge is 0.217 e. The van der Waals surface area contributed by atoms with Crippen LogP contribution in [-0.4, -0.2) is 476 Å². The van der Waals surface area contributed by atoms with Crippen LogP contribution in [0.25, 0.3) is 0 Å². The maximum absolute atomic E-state index is 13.2. The average molecular weight is 1670 g/mol. The Balaban J connectivity index is 1.08. The lowest BCUT2D eigenvalue weighted by Gasteiger charge is -2.52. The third-order valence-corrected chi connectivity index (χ3v) is 20.7. The van der Waals surface area contributed by atoms with E-state index in [1.54, 1.807) is 0 Å². The van der Waals surface area contributed by atoms with E-state index in [9.17, 15) is 141 Å². The molecule has 114 heavy (non-hydrogen) atoms. The first kappa shape index (κ1) is 93.6. The van der Waals surface area contributed by atoms with Gasteiger partial charge < -0.3 is 225 Å². The van der Waals surface area contributed by atoms with Gasteiger partial charge in [-0.15, -0.1) is 0 Å². The first-order chi connectivity index (χ1) is 53.8. The van der Waals surface area contributed by atoms with Gasteiger partial charge in [0.1, 0.15) is 213 Å². The molecule has 0 radical (unpaired) electrons. The van der Waals surface area contributed by atoms with E-state index in [2.05, 4.69) is 26.6 Å². The Labute approximate surface area is 646 Å². The van der Waals surface area contributed by atoms with Crippen molar-refractivity contribution in [2.45, 2.75) is 318 Å². The SMILES string of the molecule is CC(=O)N[C@@H]1[C@@H](O)[C@H](O[C@@H]2O[C@H](CO)[C@@H](O[C@@H]3O[C@H](CO[C@H]4O[C@H](CO)[C@@H](O)[C@H](O)[C@@H]4O)[C@@H](O)[C@H](O[C@H]4O[C@H](CO)[C@@H](O[C@@H]5O[C@H](CO)[C@@H](O)[C@H](O)[C@H]5NC(C)=O)[C@H](O)[C@@H]4O[C@@H]4O[C@H](CO)[C@@H](O[C@@H]5O[C@H](CO)[C@H](O)[C@H](O)[C@H]5NC(C)=O)[C@H](O)[C@H]4NC(C)=O)[C@@H]3O)[C@H](O)[C@H]2NC(C)=O)[C@@H](CO[C@@H]2O[C@@H](C)[C@@H](O)[C@@H](O)[C@@H]2O)O[C@H]1O. The van der Waals surface area contributed by atoms with Crippen LogP contribution in [-0.2, 0) is 104 Å². The summed E-state index contributed by atoms with van der Waals surface area (Å²) >= 11 is 0. The molecule has 9 saturated heterocycles. The summed E-state index contributed by atoms with van der Waals surface area (Å²) in [5, 5.41) is 269. The van der Waals surface area contributed by atoms with Crippen molar-refractivity contribution in [2.24, 2.45) is 0 Å². The molecule has 0 bridgehead atoms. The van der Waals surface area contributed by atoms with Crippen LogP contribution in [0.3, 0.4) is 0 Å². The van der Waals surface area contributed by atoms with E-state index in [1.807, 2.05) is 0 Å². The Morgan fingerprint density at radius 2 is 0.535 bits per heavy atom. The predicted octanol–water partition coefficient (Wildman–Crippen LogP) is -18.9. The van der Waals surface area contributed by atoms with Gasteiger partial charge in [-0.2, -0.15) is 0 Å². The van der Waals surface area contributed by atoms with Crippen molar-refractivity contribution >= 4 is 29.5 Å². The summed E-state index contributed by atoms with van der Waals surface area (Å²) in [6.07, 6.45) is -81.7. The zero-order chi connectivity index (χ0) is 84.1. The van der Waals surface area contributed by atoms with Gasteiger partial charge in [0.05, 0.1) is 59.0 Å². The molecule has 9 fully saturated rings. The van der Waals surface area contributed by atoms with E-state index in [-0.39, 0.29) is 0 Å². The molecule has 0 spiro atoms. The molecule has 0 saturated carbocycles. The molecule has 45 atom stereocenters. The van der Waals surface area contributed by atoms with Gasteiger partial charge in [0.2, 0.25) is 29.5 Å². The molecule has 0 aromatic heterocycles. The molecule has 9 heterocycles. The Kier molecular flexibility index (Phi) is 33.6. The molecule has 0 aromatic rings. The zero-order valence-corrected chi connectivity index (χ0v) is 61.9. The minimum absolute atomic E-state index is 0.826. The van der Waals surface area contributed by atoms with Crippen LogP contribution in [0.15, 0.2) is 0 Å². The molecule has 9 rings (SSSR count). The van der Waals surface area contributed by atoms with Crippen LogP contribution in [0.5, 0.6) is 0 Å². The summed E-state index contributed by atoms with van der Waals surface area (Å²) in [6.45, 7) is -2.46. The van der Waals surface area contributed by atoms with Gasteiger partial charge in [0.25, 0.3) is 0 Å². The highest BCUT2D eigenvalue weighted by atomic mass is 16.8. The lowest BCUT2D eigenvalue weighted by atomic mass is 9.93. The number of carbonyl (C=O) groups excluding carboxylic acids is 5. The number of aliphatic hydroxyl groups is 23.